The van der Waals surface area contributed by atoms with E-state index in [1.807, 2.05) is 24.3 Å². The topological polar surface area (TPSA) is 85.8 Å². The van der Waals surface area contributed by atoms with Crippen molar-refractivity contribution in [2.75, 3.05) is 21.2 Å². The number of benzene rings is 2. The number of aromatic nitrogens is 1. The van der Waals surface area contributed by atoms with Crippen LogP contribution in [0.25, 0.3) is 10.6 Å². The summed E-state index contributed by atoms with van der Waals surface area (Å²) in [5.41, 5.74) is 1.47. The molecule has 1 aromatic heterocycles. The first-order valence-electron chi connectivity index (χ1n) is 8.70. The second kappa shape index (κ2) is 9.13. The molecule has 0 spiro atoms. The highest BCUT2D eigenvalue weighted by Gasteiger charge is 2.21. The maximum Gasteiger partial charge on any atom is 0.340 e. The Bertz CT molecular complexity index is 1160. The first-order chi connectivity index (χ1) is 14.2. The van der Waals surface area contributed by atoms with Crippen molar-refractivity contribution in [2.45, 2.75) is 11.5 Å². The fourth-order valence-corrected chi connectivity index (χ4v) is 4.42. The fourth-order valence-electron chi connectivity index (χ4n) is 2.49. The van der Waals surface area contributed by atoms with Crippen molar-refractivity contribution in [1.82, 2.24) is 9.29 Å². The van der Waals surface area contributed by atoms with E-state index in [-0.39, 0.29) is 22.1 Å². The molecule has 0 aliphatic heterocycles. The summed E-state index contributed by atoms with van der Waals surface area (Å²) in [4.78, 5) is 16.9. The molecule has 0 bridgehead atoms. The van der Waals surface area contributed by atoms with E-state index < -0.39 is 16.0 Å². The van der Waals surface area contributed by atoms with Crippen LogP contribution in [0.1, 0.15) is 16.1 Å². The van der Waals surface area contributed by atoms with Gasteiger partial charge in [-0.05, 0) is 42.5 Å². The predicted molar refractivity (Wildman–Crippen MR) is 116 cm³/mol. The van der Waals surface area contributed by atoms with Gasteiger partial charge in [-0.2, -0.15) is 0 Å². The van der Waals surface area contributed by atoms with Gasteiger partial charge in [0.05, 0.1) is 28.3 Å². The van der Waals surface area contributed by atoms with Crippen molar-refractivity contribution in [2.24, 2.45) is 0 Å². The monoisotopic (exact) mass is 466 g/mol. The molecule has 0 radical (unpaired) electrons. The third-order valence-electron chi connectivity index (χ3n) is 4.18. The summed E-state index contributed by atoms with van der Waals surface area (Å²) in [6, 6.07) is 11.4. The number of nitrogens with zero attached hydrogens (tertiary/aromatic N) is 2. The summed E-state index contributed by atoms with van der Waals surface area (Å²) in [5.74, 6) is 0.0228. The molecule has 0 saturated heterocycles. The molecule has 0 aliphatic carbocycles. The van der Waals surface area contributed by atoms with Crippen LogP contribution in [0.5, 0.6) is 5.75 Å². The smallest absolute Gasteiger partial charge is 0.340 e. The Morgan fingerprint density at radius 2 is 1.87 bits per heavy atom. The molecule has 2 aromatic carbocycles. The van der Waals surface area contributed by atoms with E-state index in [4.69, 9.17) is 21.1 Å². The molecule has 0 saturated carbocycles. The van der Waals surface area contributed by atoms with Crippen LogP contribution in [-0.4, -0.2) is 44.9 Å². The Hall–Kier alpha value is -2.46. The van der Waals surface area contributed by atoms with Crippen LogP contribution < -0.4 is 4.74 Å². The first-order valence-corrected chi connectivity index (χ1v) is 11.4. The quantitative estimate of drug-likeness (QED) is 0.488. The maximum absolute atomic E-state index is 12.5. The van der Waals surface area contributed by atoms with E-state index in [1.54, 1.807) is 12.5 Å². The number of halogens is 1. The highest BCUT2D eigenvalue weighted by molar-refractivity contribution is 7.89. The zero-order chi connectivity index (χ0) is 21.9. The van der Waals surface area contributed by atoms with E-state index in [0.29, 0.717) is 5.69 Å². The largest absolute Gasteiger partial charge is 0.497 e. The Kier molecular flexibility index (Phi) is 6.77. The highest BCUT2D eigenvalue weighted by Crippen LogP contribution is 2.27. The lowest BCUT2D eigenvalue weighted by Crippen LogP contribution is -2.22. The molecule has 158 valence electrons. The van der Waals surface area contributed by atoms with Gasteiger partial charge in [0.1, 0.15) is 17.4 Å². The molecule has 0 unspecified atom stereocenters. The van der Waals surface area contributed by atoms with Crippen LogP contribution in [-0.2, 0) is 21.4 Å². The third kappa shape index (κ3) is 4.81. The number of sulfonamides is 1. The van der Waals surface area contributed by atoms with Gasteiger partial charge in [0.25, 0.3) is 0 Å². The fraction of sp³-hybridized carbons (Fsp3) is 0.200. The number of carbonyl (C=O) groups is 1. The van der Waals surface area contributed by atoms with Gasteiger partial charge < -0.3 is 9.47 Å². The van der Waals surface area contributed by atoms with Gasteiger partial charge in [0.2, 0.25) is 10.0 Å². The normalized spacial score (nSPS) is 11.5. The highest BCUT2D eigenvalue weighted by atomic mass is 35.5. The maximum atomic E-state index is 12.5. The van der Waals surface area contributed by atoms with Crippen LogP contribution in [0.4, 0.5) is 0 Å². The van der Waals surface area contributed by atoms with Gasteiger partial charge in [-0.15, -0.1) is 11.3 Å². The lowest BCUT2D eigenvalue weighted by atomic mass is 10.2. The summed E-state index contributed by atoms with van der Waals surface area (Å²) in [6.45, 7) is -0.0630. The van der Waals surface area contributed by atoms with Gasteiger partial charge in [-0.1, -0.05) is 11.6 Å². The van der Waals surface area contributed by atoms with Crippen LogP contribution in [0, 0.1) is 0 Å². The van der Waals surface area contributed by atoms with E-state index in [2.05, 4.69) is 4.98 Å². The molecule has 3 aromatic rings. The SMILES string of the molecule is COc1ccc(-c2nc(COC(=O)c3cc(S(=O)(=O)N(C)C)ccc3Cl)cs2)cc1. The summed E-state index contributed by atoms with van der Waals surface area (Å²) >= 11 is 7.50. The Morgan fingerprint density at radius 3 is 2.50 bits per heavy atom. The van der Waals surface area contributed by atoms with Gasteiger partial charge in [0.15, 0.2) is 0 Å². The molecular weight excluding hydrogens is 448 g/mol. The summed E-state index contributed by atoms with van der Waals surface area (Å²) < 4.78 is 36.1. The summed E-state index contributed by atoms with van der Waals surface area (Å²) in [6.07, 6.45) is 0. The molecule has 0 aliphatic rings. The van der Waals surface area contributed by atoms with Gasteiger partial charge in [-0.25, -0.2) is 22.5 Å². The molecule has 0 N–H and O–H groups in total. The van der Waals surface area contributed by atoms with Crippen LogP contribution >= 0.6 is 22.9 Å². The second-order valence-electron chi connectivity index (χ2n) is 6.38. The number of ether oxygens (including phenoxy) is 2. The average molecular weight is 467 g/mol. The van der Waals surface area contributed by atoms with E-state index in [0.717, 1.165) is 20.6 Å². The lowest BCUT2D eigenvalue weighted by Gasteiger charge is -2.13. The van der Waals surface area contributed by atoms with Crippen molar-refractivity contribution in [3.63, 3.8) is 0 Å². The van der Waals surface area contributed by atoms with Crippen molar-refractivity contribution >= 4 is 38.9 Å². The average Bonchev–Trinajstić information content (AvgIpc) is 3.21. The van der Waals surface area contributed by atoms with Crippen molar-refractivity contribution in [1.29, 1.82) is 0 Å². The number of carbonyl (C=O) groups excluding carboxylic acids is 1. The van der Waals surface area contributed by atoms with Crippen molar-refractivity contribution < 1.29 is 22.7 Å². The molecule has 7 nitrogen and oxygen atoms in total. The number of thiazole rings is 1. The zero-order valence-corrected chi connectivity index (χ0v) is 18.8. The third-order valence-corrected chi connectivity index (χ3v) is 7.26. The Balaban J connectivity index is 1.72. The number of esters is 1. The molecule has 0 atom stereocenters. The standard InChI is InChI=1S/C20H19ClN2O5S2/c1-23(2)30(25,26)16-8-9-18(21)17(10-16)20(24)28-11-14-12-29-19(22-14)13-4-6-15(27-3)7-5-13/h4-10,12H,11H2,1-3H3. The van der Waals surface area contributed by atoms with E-state index >= 15 is 0 Å². The van der Waals surface area contributed by atoms with Crippen LogP contribution in [0.15, 0.2) is 52.7 Å². The van der Waals surface area contributed by atoms with Crippen LogP contribution in [0.2, 0.25) is 5.02 Å². The summed E-state index contributed by atoms with van der Waals surface area (Å²) in [5, 5.41) is 2.68. The number of hydrogen-bond donors (Lipinski definition) is 0. The van der Waals surface area contributed by atoms with E-state index in [9.17, 15) is 13.2 Å². The Labute approximate surface area is 183 Å². The number of hydrogen-bond acceptors (Lipinski definition) is 7. The minimum atomic E-state index is -3.70. The van der Waals surface area contributed by atoms with Gasteiger partial charge in [0, 0.05) is 25.0 Å². The molecular formula is C20H19ClN2O5S2. The first kappa shape index (κ1) is 22.2. The molecule has 30 heavy (non-hydrogen) atoms. The Morgan fingerprint density at radius 1 is 1.17 bits per heavy atom. The molecule has 10 heteroatoms. The van der Waals surface area contributed by atoms with Gasteiger partial charge >= 0.3 is 5.97 Å². The van der Waals surface area contributed by atoms with Crippen molar-refractivity contribution in [3.05, 3.63) is 64.1 Å². The van der Waals surface area contributed by atoms with Gasteiger partial charge in [-0.3, -0.25) is 0 Å². The summed E-state index contributed by atoms with van der Waals surface area (Å²) in [7, 11) is 0.713. The lowest BCUT2D eigenvalue weighted by molar-refractivity contribution is 0.0468. The van der Waals surface area contributed by atoms with E-state index in [1.165, 1.54) is 43.6 Å². The number of rotatable bonds is 7. The molecule has 1 heterocycles. The minimum Gasteiger partial charge on any atom is -0.497 e. The molecule has 0 amide bonds. The molecule has 3 rings (SSSR count). The number of methoxy groups -OCH3 is 1. The zero-order valence-electron chi connectivity index (χ0n) is 16.5. The second-order valence-corrected chi connectivity index (χ2v) is 9.79. The predicted octanol–water partition coefficient (Wildman–Crippen LogP) is 4.08. The van der Waals surface area contributed by atoms with Crippen molar-refractivity contribution in [3.8, 4) is 16.3 Å². The van der Waals surface area contributed by atoms with Crippen LogP contribution in [0.3, 0.4) is 0 Å². The minimum absolute atomic E-state index is 0.0230. The molecule has 0 fully saturated rings.